The molecule has 0 bridgehead atoms. The number of hydrogen-bond donors (Lipinski definition) is 2. The maximum atomic E-state index is 8.86. The van der Waals surface area contributed by atoms with Crippen LogP contribution in [0.2, 0.25) is 0 Å². The molecule has 0 saturated carbocycles. The number of aryl methyl sites for hydroxylation is 1. The maximum Gasteiger partial charge on any atom is 0.0994 e. The lowest BCUT2D eigenvalue weighted by Gasteiger charge is -2.08. The van der Waals surface area contributed by atoms with Gasteiger partial charge >= 0.3 is 0 Å². The average Bonchev–Trinajstić information content (AvgIpc) is 2.38. The lowest BCUT2D eigenvalue weighted by Crippen LogP contribution is -2.00. The van der Waals surface area contributed by atoms with Crippen LogP contribution in [0.15, 0.2) is 42.5 Å². The maximum absolute atomic E-state index is 8.86. The smallest absolute Gasteiger partial charge is 0.0994 e. The highest BCUT2D eigenvalue weighted by atomic mass is 14.9. The number of nitrogens with one attached hydrogen (secondary N) is 1. The summed E-state index contributed by atoms with van der Waals surface area (Å²) in [6.45, 7) is 2.68. The highest BCUT2D eigenvalue weighted by molar-refractivity contribution is 5.52. The van der Waals surface area contributed by atoms with Crippen molar-refractivity contribution in [3.63, 3.8) is 0 Å². The Morgan fingerprint density at radius 3 is 2.50 bits per heavy atom. The van der Waals surface area contributed by atoms with Gasteiger partial charge in [0.25, 0.3) is 0 Å². The van der Waals surface area contributed by atoms with E-state index >= 15 is 0 Å². The van der Waals surface area contributed by atoms with E-state index in [1.54, 1.807) is 0 Å². The van der Waals surface area contributed by atoms with Gasteiger partial charge in [-0.15, -0.1) is 0 Å². The Bertz CT molecular complexity index is 580. The number of nitrogens with zero attached hydrogens (tertiary/aromatic N) is 1. The van der Waals surface area contributed by atoms with Crippen molar-refractivity contribution < 1.29 is 0 Å². The van der Waals surface area contributed by atoms with Gasteiger partial charge in [-0.1, -0.05) is 12.1 Å². The van der Waals surface area contributed by atoms with Crippen molar-refractivity contribution in [2.24, 2.45) is 0 Å². The predicted molar refractivity (Wildman–Crippen MR) is 74.1 cm³/mol. The van der Waals surface area contributed by atoms with Crippen LogP contribution in [0.25, 0.3) is 0 Å². The van der Waals surface area contributed by atoms with Crippen molar-refractivity contribution in [3.05, 3.63) is 59.2 Å². The molecule has 3 nitrogen and oxygen atoms in total. The minimum Gasteiger partial charge on any atom is -0.399 e. The molecule has 3 heteroatoms. The first-order chi connectivity index (χ1) is 8.69. The van der Waals surface area contributed by atoms with E-state index in [9.17, 15) is 0 Å². The van der Waals surface area contributed by atoms with Crippen LogP contribution in [0.4, 0.5) is 11.4 Å². The Balaban J connectivity index is 2.04. The summed E-state index contributed by atoms with van der Waals surface area (Å²) in [4.78, 5) is 0. The summed E-state index contributed by atoms with van der Waals surface area (Å²) in [5.74, 6) is 0. The first kappa shape index (κ1) is 12.0. The first-order valence-electron chi connectivity index (χ1n) is 5.78. The van der Waals surface area contributed by atoms with E-state index < -0.39 is 0 Å². The van der Waals surface area contributed by atoms with E-state index in [0.29, 0.717) is 5.56 Å². The van der Waals surface area contributed by atoms with Crippen molar-refractivity contribution in [1.29, 1.82) is 5.26 Å². The Labute approximate surface area is 107 Å². The fraction of sp³-hybridized carbons (Fsp3) is 0.133. The van der Waals surface area contributed by atoms with E-state index in [2.05, 4.69) is 11.4 Å². The normalized spacial score (nSPS) is 9.78. The van der Waals surface area contributed by atoms with Crippen LogP contribution >= 0.6 is 0 Å². The molecule has 2 rings (SSSR count). The Morgan fingerprint density at radius 1 is 1.17 bits per heavy atom. The van der Waals surface area contributed by atoms with Crippen LogP contribution in [0, 0.1) is 18.3 Å². The third-order valence-electron chi connectivity index (χ3n) is 2.82. The van der Waals surface area contributed by atoms with Crippen LogP contribution in [0.1, 0.15) is 16.7 Å². The van der Waals surface area contributed by atoms with Gasteiger partial charge in [-0.2, -0.15) is 5.26 Å². The van der Waals surface area contributed by atoms with E-state index in [-0.39, 0.29) is 0 Å². The monoisotopic (exact) mass is 237 g/mol. The minimum absolute atomic E-state index is 0.716. The van der Waals surface area contributed by atoms with E-state index in [1.165, 1.54) is 5.56 Å². The molecular weight excluding hydrogens is 222 g/mol. The molecular formula is C15H15N3. The van der Waals surface area contributed by atoms with Crippen LogP contribution in [-0.2, 0) is 6.54 Å². The Morgan fingerprint density at radius 2 is 1.89 bits per heavy atom. The average molecular weight is 237 g/mol. The van der Waals surface area contributed by atoms with Gasteiger partial charge in [-0.05, 0) is 48.4 Å². The van der Waals surface area contributed by atoms with Gasteiger partial charge in [0, 0.05) is 17.9 Å². The molecule has 0 fully saturated rings. The van der Waals surface area contributed by atoms with Crippen LogP contribution in [0.5, 0.6) is 0 Å². The highest BCUT2D eigenvalue weighted by Crippen LogP contribution is 2.15. The van der Waals surface area contributed by atoms with Crippen molar-refractivity contribution in [3.8, 4) is 6.07 Å². The second-order valence-corrected chi connectivity index (χ2v) is 4.24. The Kier molecular flexibility index (Phi) is 3.49. The molecule has 0 saturated heterocycles. The molecule has 2 aromatic rings. The second-order valence-electron chi connectivity index (χ2n) is 4.24. The van der Waals surface area contributed by atoms with Gasteiger partial charge in [-0.3, -0.25) is 0 Å². The Hall–Kier alpha value is -2.47. The largest absolute Gasteiger partial charge is 0.399 e. The summed E-state index contributed by atoms with van der Waals surface area (Å²) in [6, 6.07) is 15.7. The predicted octanol–water partition coefficient (Wildman–Crippen LogP) is 3.06. The topological polar surface area (TPSA) is 61.8 Å². The van der Waals surface area contributed by atoms with Crippen molar-refractivity contribution in [2.75, 3.05) is 11.1 Å². The molecule has 2 aromatic carbocycles. The van der Waals surface area contributed by atoms with Crippen molar-refractivity contribution >= 4 is 11.4 Å². The van der Waals surface area contributed by atoms with Crippen molar-refractivity contribution in [1.82, 2.24) is 0 Å². The zero-order valence-electron chi connectivity index (χ0n) is 10.3. The fourth-order valence-corrected chi connectivity index (χ4v) is 1.74. The molecule has 0 aliphatic rings. The third kappa shape index (κ3) is 2.80. The van der Waals surface area contributed by atoms with Gasteiger partial charge < -0.3 is 11.1 Å². The quantitative estimate of drug-likeness (QED) is 0.806. The van der Waals surface area contributed by atoms with Gasteiger partial charge in [0.2, 0.25) is 0 Å². The third-order valence-corrected chi connectivity index (χ3v) is 2.82. The molecule has 0 radical (unpaired) electrons. The number of benzene rings is 2. The minimum atomic E-state index is 0.716. The zero-order chi connectivity index (χ0) is 13.0. The number of nitriles is 1. The molecule has 0 aliphatic heterocycles. The molecule has 0 unspecified atom stereocenters. The number of rotatable bonds is 3. The molecule has 18 heavy (non-hydrogen) atoms. The second kappa shape index (κ2) is 5.24. The van der Waals surface area contributed by atoms with Crippen LogP contribution < -0.4 is 11.1 Å². The van der Waals surface area contributed by atoms with Gasteiger partial charge in [0.05, 0.1) is 11.6 Å². The van der Waals surface area contributed by atoms with Gasteiger partial charge in [-0.25, -0.2) is 0 Å². The summed E-state index contributed by atoms with van der Waals surface area (Å²) in [5, 5.41) is 12.2. The van der Waals surface area contributed by atoms with E-state index in [1.807, 2.05) is 49.4 Å². The number of nitrogens with two attached hydrogens (primary N) is 1. The number of anilines is 2. The summed E-state index contributed by atoms with van der Waals surface area (Å²) >= 11 is 0. The molecule has 0 atom stereocenters. The van der Waals surface area contributed by atoms with Crippen molar-refractivity contribution in [2.45, 2.75) is 13.5 Å². The summed E-state index contributed by atoms with van der Waals surface area (Å²) in [5.41, 5.74) is 10.3. The zero-order valence-corrected chi connectivity index (χ0v) is 10.3. The lowest BCUT2D eigenvalue weighted by molar-refractivity contribution is 1.15. The summed E-state index contributed by atoms with van der Waals surface area (Å²) < 4.78 is 0. The van der Waals surface area contributed by atoms with E-state index in [0.717, 1.165) is 23.5 Å². The first-order valence-corrected chi connectivity index (χ1v) is 5.78. The number of hydrogen-bond acceptors (Lipinski definition) is 3. The van der Waals surface area contributed by atoms with Gasteiger partial charge in [0.1, 0.15) is 0 Å². The van der Waals surface area contributed by atoms with E-state index in [4.69, 9.17) is 11.0 Å². The van der Waals surface area contributed by atoms with Crippen LogP contribution in [0.3, 0.4) is 0 Å². The molecule has 0 amide bonds. The molecule has 3 N–H and O–H groups in total. The SMILES string of the molecule is Cc1cc(NCc2ccc(N)cc2)ccc1C#N. The molecule has 0 heterocycles. The molecule has 0 aromatic heterocycles. The molecule has 0 aliphatic carbocycles. The highest BCUT2D eigenvalue weighted by Gasteiger charge is 1.99. The van der Waals surface area contributed by atoms with Crippen LogP contribution in [-0.4, -0.2) is 0 Å². The molecule has 90 valence electrons. The lowest BCUT2D eigenvalue weighted by atomic mass is 10.1. The fourth-order valence-electron chi connectivity index (χ4n) is 1.74. The summed E-state index contributed by atoms with van der Waals surface area (Å²) in [6.07, 6.45) is 0. The van der Waals surface area contributed by atoms with Gasteiger partial charge in [0.15, 0.2) is 0 Å². The number of nitrogen functional groups attached to an aromatic ring is 1. The summed E-state index contributed by atoms with van der Waals surface area (Å²) in [7, 11) is 0. The molecule has 0 spiro atoms. The standard InChI is InChI=1S/C15H15N3/c1-11-8-15(7-4-13(11)9-16)18-10-12-2-5-14(17)6-3-12/h2-8,18H,10,17H2,1H3.